The van der Waals surface area contributed by atoms with Crippen LogP contribution in [0.4, 0.5) is 4.39 Å². The molecular formula is C32H39FN2O3S. The number of rotatable bonds is 14. The predicted molar refractivity (Wildman–Crippen MR) is 154 cm³/mol. The monoisotopic (exact) mass is 550 g/mol. The summed E-state index contributed by atoms with van der Waals surface area (Å²) < 4.78 is 19.3. The lowest BCUT2D eigenvalue weighted by Gasteiger charge is -2.29. The molecule has 3 aromatic rings. The maximum Gasteiger partial charge on any atom is 0.254 e. The molecule has 0 aliphatic carbocycles. The largest absolute Gasteiger partial charge is 0.376 e. The molecule has 1 fully saturated rings. The van der Waals surface area contributed by atoms with Gasteiger partial charge in [-0.05, 0) is 72.5 Å². The van der Waals surface area contributed by atoms with E-state index in [-0.39, 0.29) is 30.3 Å². The molecule has 208 valence electrons. The molecule has 0 bridgehead atoms. The molecule has 0 N–H and O–H groups in total. The Kier molecular flexibility index (Phi) is 11.1. The van der Waals surface area contributed by atoms with Gasteiger partial charge in [0.15, 0.2) is 0 Å². The fourth-order valence-electron chi connectivity index (χ4n) is 4.90. The highest BCUT2D eigenvalue weighted by molar-refractivity contribution is 7.09. The van der Waals surface area contributed by atoms with Crippen molar-refractivity contribution in [3.63, 3.8) is 0 Å². The second-order valence-corrected chi connectivity index (χ2v) is 11.3. The van der Waals surface area contributed by atoms with Crippen LogP contribution in [0, 0.1) is 5.82 Å². The molecule has 2 heterocycles. The van der Waals surface area contributed by atoms with Gasteiger partial charge in [-0.3, -0.25) is 9.59 Å². The first-order valence-electron chi connectivity index (χ1n) is 14.1. The van der Waals surface area contributed by atoms with E-state index in [1.807, 2.05) is 41.8 Å². The predicted octanol–water partition coefficient (Wildman–Crippen LogP) is 6.86. The molecular weight excluding hydrogens is 511 g/mol. The van der Waals surface area contributed by atoms with Crippen molar-refractivity contribution in [2.45, 2.75) is 71.1 Å². The molecule has 1 aliphatic rings. The molecule has 0 spiro atoms. The lowest BCUT2D eigenvalue weighted by Crippen LogP contribution is -2.45. The van der Waals surface area contributed by atoms with Crippen LogP contribution < -0.4 is 0 Å². The molecule has 4 rings (SSSR count). The molecule has 39 heavy (non-hydrogen) atoms. The molecule has 2 aromatic carbocycles. The highest BCUT2D eigenvalue weighted by Crippen LogP contribution is 2.19. The van der Waals surface area contributed by atoms with Crippen LogP contribution in [0.5, 0.6) is 0 Å². The van der Waals surface area contributed by atoms with Crippen LogP contribution in [0.1, 0.15) is 71.8 Å². The molecule has 1 aromatic heterocycles. The minimum atomic E-state index is -0.310. The Balaban J connectivity index is 1.48. The highest BCUT2D eigenvalue weighted by atomic mass is 32.1. The van der Waals surface area contributed by atoms with E-state index < -0.39 is 0 Å². The van der Waals surface area contributed by atoms with Gasteiger partial charge >= 0.3 is 0 Å². The summed E-state index contributed by atoms with van der Waals surface area (Å²) in [7, 11) is 0. The standard InChI is InChI=1S/C32H39FN2O3S/c1-2-3-4-5-8-25-11-15-27(16-12-25)32(37)35(22-29-9-6-19-38-29)24-31(36)34(23-30-10-7-20-39-30)21-26-13-17-28(33)18-14-26/h7,10-18,20,29H,2-6,8-9,19,21-24H2,1H3. The Morgan fingerprint density at radius 2 is 1.72 bits per heavy atom. The number of nitrogens with zero attached hydrogens (tertiary/aromatic N) is 2. The number of aryl methyl sites for hydroxylation is 1. The number of unbranched alkanes of at least 4 members (excludes halogenated alkanes) is 3. The number of hydrogen-bond acceptors (Lipinski definition) is 4. The normalized spacial score (nSPS) is 14.9. The summed E-state index contributed by atoms with van der Waals surface area (Å²) in [4.78, 5) is 31.8. The molecule has 1 aliphatic heterocycles. The summed E-state index contributed by atoms with van der Waals surface area (Å²) in [6, 6.07) is 18.0. The van der Waals surface area contributed by atoms with Gasteiger partial charge in [-0.15, -0.1) is 11.3 Å². The number of benzene rings is 2. The van der Waals surface area contributed by atoms with E-state index in [1.54, 1.807) is 33.3 Å². The summed E-state index contributed by atoms with van der Waals surface area (Å²) in [5.41, 5.74) is 2.65. The molecule has 7 heteroatoms. The van der Waals surface area contributed by atoms with Gasteiger partial charge in [0.05, 0.1) is 12.6 Å². The number of amides is 2. The minimum Gasteiger partial charge on any atom is -0.376 e. The third kappa shape index (κ3) is 9.01. The van der Waals surface area contributed by atoms with Crippen LogP contribution in [0.2, 0.25) is 0 Å². The van der Waals surface area contributed by atoms with Crippen LogP contribution in [0.25, 0.3) is 0 Å². The van der Waals surface area contributed by atoms with Gasteiger partial charge in [0.25, 0.3) is 5.91 Å². The van der Waals surface area contributed by atoms with Gasteiger partial charge in [0.1, 0.15) is 12.4 Å². The summed E-state index contributed by atoms with van der Waals surface area (Å²) in [5, 5.41) is 1.98. The lowest BCUT2D eigenvalue weighted by molar-refractivity contribution is -0.133. The Hall–Kier alpha value is -3.03. The van der Waals surface area contributed by atoms with Gasteiger partial charge in [-0.25, -0.2) is 4.39 Å². The average molecular weight is 551 g/mol. The number of halogens is 1. The van der Waals surface area contributed by atoms with Crippen molar-refractivity contribution in [2.75, 3.05) is 19.7 Å². The molecule has 2 amide bonds. The molecule has 1 unspecified atom stereocenters. The van der Waals surface area contributed by atoms with Crippen LogP contribution in [0.3, 0.4) is 0 Å². The first kappa shape index (κ1) is 29.0. The van der Waals surface area contributed by atoms with E-state index >= 15 is 0 Å². The molecule has 1 saturated heterocycles. The maximum absolute atomic E-state index is 13.7. The van der Waals surface area contributed by atoms with Crippen molar-refractivity contribution < 1.29 is 18.7 Å². The van der Waals surface area contributed by atoms with E-state index in [1.165, 1.54) is 37.0 Å². The number of thiophene rings is 1. The van der Waals surface area contributed by atoms with Crippen molar-refractivity contribution in [2.24, 2.45) is 0 Å². The summed E-state index contributed by atoms with van der Waals surface area (Å²) >= 11 is 1.58. The Morgan fingerprint density at radius 3 is 2.38 bits per heavy atom. The summed E-state index contributed by atoms with van der Waals surface area (Å²) in [5.74, 6) is -0.615. The molecule has 1 atom stereocenters. The maximum atomic E-state index is 13.7. The molecule has 5 nitrogen and oxygen atoms in total. The van der Waals surface area contributed by atoms with Gasteiger partial charge in [-0.2, -0.15) is 0 Å². The van der Waals surface area contributed by atoms with Gasteiger partial charge in [0, 0.05) is 30.1 Å². The summed E-state index contributed by atoms with van der Waals surface area (Å²) in [6.07, 6.45) is 7.60. The van der Waals surface area contributed by atoms with Crippen LogP contribution >= 0.6 is 11.3 Å². The van der Waals surface area contributed by atoms with Crippen molar-refractivity contribution in [1.82, 2.24) is 9.80 Å². The summed E-state index contributed by atoms with van der Waals surface area (Å²) in [6.45, 7) is 4.01. The van der Waals surface area contributed by atoms with E-state index in [9.17, 15) is 14.0 Å². The Labute approximate surface area is 235 Å². The van der Waals surface area contributed by atoms with Gasteiger partial charge in [-0.1, -0.05) is 56.5 Å². The quantitative estimate of drug-likeness (QED) is 0.206. The van der Waals surface area contributed by atoms with Gasteiger partial charge in [0.2, 0.25) is 5.91 Å². The zero-order chi connectivity index (χ0) is 27.5. The zero-order valence-corrected chi connectivity index (χ0v) is 23.6. The minimum absolute atomic E-state index is 0.0377. The second-order valence-electron chi connectivity index (χ2n) is 10.3. The number of hydrogen-bond donors (Lipinski definition) is 0. The van der Waals surface area contributed by atoms with E-state index in [0.29, 0.717) is 31.8 Å². The van der Waals surface area contributed by atoms with Crippen LogP contribution in [0.15, 0.2) is 66.0 Å². The van der Waals surface area contributed by atoms with Crippen molar-refractivity contribution in [1.29, 1.82) is 0 Å². The number of carbonyl (C=O) groups excluding carboxylic acids is 2. The van der Waals surface area contributed by atoms with E-state index in [4.69, 9.17) is 4.74 Å². The number of carbonyl (C=O) groups is 2. The van der Waals surface area contributed by atoms with Gasteiger partial charge < -0.3 is 14.5 Å². The Bertz CT molecular complexity index is 1160. The Morgan fingerprint density at radius 1 is 0.949 bits per heavy atom. The first-order valence-corrected chi connectivity index (χ1v) is 14.9. The fraction of sp³-hybridized carbons (Fsp3) is 0.438. The molecule has 0 radical (unpaired) electrons. The smallest absolute Gasteiger partial charge is 0.254 e. The number of ether oxygens (including phenoxy) is 1. The third-order valence-electron chi connectivity index (χ3n) is 7.15. The third-order valence-corrected chi connectivity index (χ3v) is 8.01. The van der Waals surface area contributed by atoms with Crippen LogP contribution in [-0.2, 0) is 29.0 Å². The van der Waals surface area contributed by atoms with Crippen LogP contribution in [-0.4, -0.2) is 47.4 Å². The average Bonchev–Trinajstić information content (AvgIpc) is 3.66. The topological polar surface area (TPSA) is 49.9 Å². The fourth-order valence-corrected chi connectivity index (χ4v) is 5.62. The van der Waals surface area contributed by atoms with E-state index in [2.05, 4.69) is 6.92 Å². The second kappa shape index (κ2) is 14.9. The zero-order valence-electron chi connectivity index (χ0n) is 22.8. The van der Waals surface area contributed by atoms with Crippen molar-refractivity contribution in [3.8, 4) is 0 Å². The van der Waals surface area contributed by atoms with Crippen molar-refractivity contribution >= 4 is 23.2 Å². The highest BCUT2D eigenvalue weighted by Gasteiger charge is 2.27. The van der Waals surface area contributed by atoms with E-state index in [0.717, 1.165) is 36.1 Å². The van der Waals surface area contributed by atoms with Crippen molar-refractivity contribution in [3.05, 3.63) is 93.4 Å². The SMILES string of the molecule is CCCCCCc1ccc(C(=O)N(CC(=O)N(Cc2ccc(F)cc2)Cc2cccs2)CC2CCCO2)cc1. The first-order chi connectivity index (χ1) is 19.0. The lowest BCUT2D eigenvalue weighted by atomic mass is 10.0. The molecule has 0 saturated carbocycles.